The molecule has 0 bridgehead atoms. The highest BCUT2D eigenvalue weighted by Crippen LogP contribution is 2.29. The number of halogens is 4. The summed E-state index contributed by atoms with van der Waals surface area (Å²) in [5.74, 6) is -1.96. The van der Waals surface area contributed by atoms with Crippen molar-refractivity contribution in [3.8, 4) is 11.8 Å². The van der Waals surface area contributed by atoms with Gasteiger partial charge in [-0.15, -0.1) is 0 Å². The van der Waals surface area contributed by atoms with Crippen LogP contribution < -0.4 is 0 Å². The molecule has 1 atom stereocenters. The average Bonchev–Trinajstić information content (AvgIpc) is 3.12. The Balaban J connectivity index is 1.87. The average molecular weight is 391 g/mol. The molecule has 9 heteroatoms. The van der Waals surface area contributed by atoms with Crippen molar-refractivity contribution in [1.82, 2.24) is 14.8 Å². The summed E-state index contributed by atoms with van der Waals surface area (Å²) in [5.41, 5.74) is -0.277. The molecule has 2 heterocycles. The number of pyridine rings is 1. The first-order valence-electron chi connectivity index (χ1n) is 7.57. The van der Waals surface area contributed by atoms with E-state index in [1.807, 2.05) is 0 Å². The van der Waals surface area contributed by atoms with Gasteiger partial charge in [-0.05, 0) is 30.3 Å². The Hall–Kier alpha value is -3.18. The number of aromatic nitrogens is 3. The van der Waals surface area contributed by atoms with Crippen molar-refractivity contribution < 1.29 is 18.0 Å². The van der Waals surface area contributed by atoms with Crippen molar-refractivity contribution in [2.75, 3.05) is 0 Å². The zero-order chi connectivity index (χ0) is 19.6. The lowest BCUT2D eigenvalue weighted by Gasteiger charge is -2.09. The number of nitriles is 1. The highest BCUT2D eigenvalue weighted by Gasteiger charge is 2.32. The predicted molar refractivity (Wildman–Crippen MR) is 90.5 cm³/mol. The van der Waals surface area contributed by atoms with Crippen molar-refractivity contribution >= 4 is 17.4 Å². The van der Waals surface area contributed by atoms with E-state index in [0.717, 1.165) is 12.1 Å². The van der Waals surface area contributed by atoms with Gasteiger partial charge in [-0.25, -0.2) is 4.68 Å². The fourth-order valence-corrected chi connectivity index (χ4v) is 2.56. The van der Waals surface area contributed by atoms with Crippen LogP contribution in [-0.2, 0) is 6.18 Å². The second-order valence-electron chi connectivity index (χ2n) is 5.55. The lowest BCUT2D eigenvalue weighted by Crippen LogP contribution is -2.13. The quantitative estimate of drug-likeness (QED) is 0.618. The fraction of sp³-hybridized carbons (Fsp3) is 0.111. The number of alkyl halides is 3. The molecule has 0 radical (unpaired) electrons. The van der Waals surface area contributed by atoms with Crippen molar-refractivity contribution in [2.45, 2.75) is 12.1 Å². The second kappa shape index (κ2) is 7.21. The van der Waals surface area contributed by atoms with Gasteiger partial charge in [0.15, 0.2) is 11.7 Å². The van der Waals surface area contributed by atoms with Gasteiger partial charge in [0.05, 0.1) is 34.8 Å². The van der Waals surface area contributed by atoms with Crippen molar-refractivity contribution in [3.05, 3.63) is 76.8 Å². The van der Waals surface area contributed by atoms with Crippen LogP contribution in [0.1, 0.15) is 27.5 Å². The Bertz CT molecular complexity index is 1020. The van der Waals surface area contributed by atoms with Crippen LogP contribution in [0.4, 0.5) is 13.2 Å². The second-order valence-corrected chi connectivity index (χ2v) is 5.99. The summed E-state index contributed by atoms with van der Waals surface area (Å²) in [4.78, 5) is 16.2. The van der Waals surface area contributed by atoms with Gasteiger partial charge >= 0.3 is 6.18 Å². The van der Waals surface area contributed by atoms with Crippen molar-refractivity contribution in [3.63, 3.8) is 0 Å². The van der Waals surface area contributed by atoms with Gasteiger partial charge in [-0.2, -0.15) is 23.5 Å². The third kappa shape index (κ3) is 3.99. The van der Waals surface area contributed by atoms with Gasteiger partial charge in [-0.1, -0.05) is 17.7 Å². The number of benzene rings is 1. The molecule has 0 aliphatic carbocycles. The number of carbonyl (C=O) groups excluding carboxylic acids is 1. The van der Waals surface area contributed by atoms with Gasteiger partial charge in [0.2, 0.25) is 0 Å². The molecule has 0 spiro atoms. The molecule has 0 aliphatic rings. The molecule has 0 saturated carbocycles. The minimum atomic E-state index is -4.55. The van der Waals surface area contributed by atoms with E-state index in [1.54, 1.807) is 30.3 Å². The van der Waals surface area contributed by atoms with E-state index in [2.05, 4.69) is 10.1 Å². The first-order chi connectivity index (χ1) is 12.8. The van der Waals surface area contributed by atoms with Crippen LogP contribution in [0.15, 0.2) is 55.0 Å². The lowest BCUT2D eigenvalue weighted by atomic mass is 9.97. The van der Waals surface area contributed by atoms with Crippen LogP contribution >= 0.6 is 11.6 Å². The topological polar surface area (TPSA) is 71.6 Å². The molecular weight excluding hydrogens is 381 g/mol. The normalized spacial score (nSPS) is 12.4. The summed E-state index contributed by atoms with van der Waals surface area (Å²) in [6, 6.07) is 10.4. The molecule has 2 aromatic heterocycles. The number of rotatable bonds is 4. The van der Waals surface area contributed by atoms with Gasteiger partial charge in [-0.3, -0.25) is 9.78 Å². The zero-order valence-electron chi connectivity index (χ0n) is 13.5. The molecular formula is C18H10ClF3N4O. The Morgan fingerprint density at radius 1 is 1.22 bits per heavy atom. The van der Waals surface area contributed by atoms with E-state index < -0.39 is 23.4 Å². The number of hydrogen-bond donors (Lipinski definition) is 0. The van der Waals surface area contributed by atoms with Crippen molar-refractivity contribution in [2.24, 2.45) is 0 Å². The maximum atomic E-state index is 12.6. The van der Waals surface area contributed by atoms with E-state index >= 15 is 0 Å². The van der Waals surface area contributed by atoms with Crippen LogP contribution in [-0.4, -0.2) is 20.5 Å². The molecule has 3 rings (SSSR count). The van der Waals surface area contributed by atoms with E-state index in [-0.39, 0.29) is 11.3 Å². The number of nitrogens with zero attached hydrogens (tertiary/aromatic N) is 4. The molecule has 0 aliphatic heterocycles. The Morgan fingerprint density at radius 2 is 2.00 bits per heavy atom. The first-order valence-corrected chi connectivity index (χ1v) is 7.95. The number of ketones is 1. The largest absolute Gasteiger partial charge is 0.417 e. The third-order valence-corrected chi connectivity index (χ3v) is 3.98. The maximum absolute atomic E-state index is 12.6. The standard InChI is InChI=1S/C18H10ClF3N4O/c19-13-2-1-3-14(6-13)26-10-11(8-25-26)17(27)15(7-23)16-5-4-12(9-24-16)18(20,21)22/h1-6,8-10,15H. The summed E-state index contributed by atoms with van der Waals surface area (Å²) in [6.07, 6.45) is -1.25. The minimum absolute atomic E-state index is 0.0639. The van der Waals surface area contributed by atoms with Crippen LogP contribution in [0.5, 0.6) is 0 Å². The van der Waals surface area contributed by atoms with Crippen LogP contribution in [0.3, 0.4) is 0 Å². The maximum Gasteiger partial charge on any atom is 0.417 e. The molecule has 3 aromatic rings. The first kappa shape index (κ1) is 18.6. The smallest absolute Gasteiger partial charge is 0.292 e. The van der Waals surface area contributed by atoms with Gasteiger partial charge in [0.1, 0.15) is 0 Å². The molecule has 0 fully saturated rings. The summed E-state index contributed by atoms with van der Waals surface area (Å²) in [7, 11) is 0. The number of hydrogen-bond acceptors (Lipinski definition) is 4. The molecule has 0 saturated heterocycles. The number of Topliss-reactive ketones (excluding diaryl/α,β-unsaturated/α-hetero) is 1. The molecule has 27 heavy (non-hydrogen) atoms. The number of carbonyl (C=O) groups is 1. The molecule has 1 unspecified atom stereocenters. The Morgan fingerprint density at radius 3 is 2.59 bits per heavy atom. The summed E-state index contributed by atoms with van der Waals surface area (Å²) in [6.45, 7) is 0. The molecule has 0 N–H and O–H groups in total. The Labute approximate surface area is 156 Å². The highest BCUT2D eigenvalue weighted by atomic mass is 35.5. The summed E-state index contributed by atoms with van der Waals surface area (Å²) >= 11 is 5.92. The minimum Gasteiger partial charge on any atom is -0.292 e. The van der Waals surface area contributed by atoms with Gasteiger partial charge in [0.25, 0.3) is 0 Å². The highest BCUT2D eigenvalue weighted by molar-refractivity contribution is 6.30. The van der Waals surface area contributed by atoms with E-state index in [0.29, 0.717) is 16.9 Å². The molecule has 5 nitrogen and oxygen atoms in total. The van der Waals surface area contributed by atoms with Crippen LogP contribution in [0.25, 0.3) is 5.69 Å². The zero-order valence-corrected chi connectivity index (χ0v) is 14.2. The third-order valence-electron chi connectivity index (χ3n) is 3.74. The van der Waals surface area contributed by atoms with Crippen LogP contribution in [0, 0.1) is 11.3 Å². The van der Waals surface area contributed by atoms with E-state index in [1.165, 1.54) is 17.1 Å². The molecule has 1 aromatic carbocycles. The Kier molecular flexibility index (Phi) is 4.97. The SMILES string of the molecule is N#CC(C(=O)c1cnn(-c2cccc(Cl)c2)c1)c1ccc(C(F)(F)F)cn1. The summed E-state index contributed by atoms with van der Waals surface area (Å²) < 4.78 is 39.3. The fourth-order valence-electron chi connectivity index (χ4n) is 2.38. The van der Waals surface area contributed by atoms with Gasteiger partial charge < -0.3 is 0 Å². The summed E-state index contributed by atoms with van der Waals surface area (Å²) in [5, 5.41) is 13.9. The van der Waals surface area contributed by atoms with Crippen LogP contribution in [0.2, 0.25) is 5.02 Å². The molecule has 136 valence electrons. The van der Waals surface area contributed by atoms with Gasteiger partial charge in [0, 0.05) is 17.4 Å². The molecule has 0 amide bonds. The van der Waals surface area contributed by atoms with E-state index in [9.17, 15) is 23.2 Å². The monoisotopic (exact) mass is 390 g/mol. The predicted octanol–water partition coefficient (Wildman–Crippen LogP) is 4.43. The lowest BCUT2D eigenvalue weighted by molar-refractivity contribution is -0.137. The van der Waals surface area contributed by atoms with E-state index in [4.69, 9.17) is 11.6 Å². The van der Waals surface area contributed by atoms with Crippen molar-refractivity contribution in [1.29, 1.82) is 5.26 Å².